The predicted octanol–water partition coefficient (Wildman–Crippen LogP) is 1.91. The fraction of sp³-hybridized carbons (Fsp3) is 0.538. The molecule has 0 aromatic heterocycles. The van der Waals surface area contributed by atoms with E-state index in [0.29, 0.717) is 24.4 Å². The highest BCUT2D eigenvalue weighted by Crippen LogP contribution is 2.29. The van der Waals surface area contributed by atoms with E-state index in [4.69, 9.17) is 4.74 Å². The zero-order valence-corrected chi connectivity index (χ0v) is 10.4. The molecular formula is C13H18F2N2O. The second-order valence-electron chi connectivity index (χ2n) is 4.34. The Bertz CT molecular complexity index is 381. The van der Waals surface area contributed by atoms with Crippen molar-refractivity contribution in [3.8, 4) is 5.75 Å². The molecule has 0 aliphatic carbocycles. The monoisotopic (exact) mass is 256 g/mol. The van der Waals surface area contributed by atoms with Gasteiger partial charge in [-0.3, -0.25) is 4.90 Å². The van der Waals surface area contributed by atoms with Crippen LogP contribution in [-0.2, 0) is 0 Å². The number of hydrogen-bond donors (Lipinski definition) is 1. The van der Waals surface area contributed by atoms with Gasteiger partial charge in [-0.15, -0.1) is 0 Å². The summed E-state index contributed by atoms with van der Waals surface area (Å²) in [6, 6.07) is 6.11. The minimum absolute atomic E-state index is 0.617. The predicted molar refractivity (Wildman–Crippen MR) is 66.2 cm³/mol. The van der Waals surface area contributed by atoms with Gasteiger partial charge in [0.15, 0.2) is 0 Å². The van der Waals surface area contributed by atoms with E-state index in [1.807, 2.05) is 4.90 Å². The molecule has 2 rings (SSSR count). The topological polar surface area (TPSA) is 24.5 Å². The second-order valence-corrected chi connectivity index (χ2v) is 4.34. The average Bonchev–Trinajstić information content (AvgIpc) is 2.40. The summed E-state index contributed by atoms with van der Waals surface area (Å²) >= 11 is 0. The van der Waals surface area contributed by atoms with Crippen molar-refractivity contribution in [3.05, 3.63) is 29.8 Å². The first-order chi connectivity index (χ1) is 8.72. The summed E-state index contributed by atoms with van der Waals surface area (Å²) in [5, 5.41) is 3.17. The molecule has 1 aromatic rings. The molecule has 1 saturated heterocycles. The lowest BCUT2D eigenvalue weighted by Gasteiger charge is -2.34. The molecule has 1 aliphatic heterocycles. The molecule has 1 aromatic carbocycles. The molecule has 100 valence electrons. The van der Waals surface area contributed by atoms with Crippen LogP contribution in [0.5, 0.6) is 5.75 Å². The van der Waals surface area contributed by atoms with Crippen LogP contribution in [-0.4, -0.2) is 44.6 Å². The van der Waals surface area contributed by atoms with Crippen molar-refractivity contribution in [2.75, 3.05) is 33.3 Å². The zero-order chi connectivity index (χ0) is 13.0. The maximum atomic E-state index is 13.3. The summed E-state index contributed by atoms with van der Waals surface area (Å²) in [5.41, 5.74) is 0.617. The molecular weight excluding hydrogens is 238 g/mol. The number of halogens is 2. The van der Waals surface area contributed by atoms with E-state index in [-0.39, 0.29) is 0 Å². The number of piperazine rings is 1. The van der Waals surface area contributed by atoms with E-state index in [1.54, 1.807) is 31.4 Å². The van der Waals surface area contributed by atoms with Crippen LogP contribution in [0.1, 0.15) is 11.6 Å². The van der Waals surface area contributed by atoms with Gasteiger partial charge in [0.05, 0.1) is 13.2 Å². The number of benzene rings is 1. The number of ether oxygens (including phenoxy) is 1. The maximum absolute atomic E-state index is 13.3. The van der Waals surface area contributed by atoms with Gasteiger partial charge in [0.2, 0.25) is 0 Å². The highest BCUT2D eigenvalue weighted by atomic mass is 19.3. The maximum Gasteiger partial charge on any atom is 0.258 e. The van der Waals surface area contributed by atoms with Crippen LogP contribution in [0, 0.1) is 0 Å². The standard InChI is InChI=1S/C13H18F2N2O/c1-18-11-4-2-3-10(9-11)12(13(14)15)17-7-5-16-6-8-17/h2-4,9,12-13,16H,5-8H2,1H3/t12-/m1/s1. The van der Waals surface area contributed by atoms with Crippen molar-refractivity contribution in [3.63, 3.8) is 0 Å². The molecule has 0 radical (unpaired) electrons. The van der Waals surface area contributed by atoms with Crippen molar-refractivity contribution in [1.82, 2.24) is 10.2 Å². The van der Waals surface area contributed by atoms with E-state index in [0.717, 1.165) is 13.1 Å². The third-order valence-corrected chi connectivity index (χ3v) is 3.22. The normalized spacial score (nSPS) is 18.9. The lowest BCUT2D eigenvalue weighted by molar-refractivity contribution is 0.0181. The van der Waals surface area contributed by atoms with Crippen molar-refractivity contribution in [2.45, 2.75) is 12.5 Å². The van der Waals surface area contributed by atoms with E-state index in [1.165, 1.54) is 0 Å². The Labute approximate surface area is 106 Å². The molecule has 1 aliphatic rings. The Hall–Kier alpha value is -1.20. The molecule has 0 spiro atoms. The first-order valence-corrected chi connectivity index (χ1v) is 6.09. The van der Waals surface area contributed by atoms with Gasteiger partial charge in [-0.05, 0) is 17.7 Å². The first kappa shape index (κ1) is 13.2. The molecule has 5 heteroatoms. The van der Waals surface area contributed by atoms with Gasteiger partial charge >= 0.3 is 0 Å². The van der Waals surface area contributed by atoms with Gasteiger partial charge in [-0.25, -0.2) is 8.78 Å². The smallest absolute Gasteiger partial charge is 0.258 e. The molecule has 0 amide bonds. The molecule has 0 saturated carbocycles. The quantitative estimate of drug-likeness (QED) is 0.890. The van der Waals surface area contributed by atoms with Gasteiger partial charge in [0.25, 0.3) is 6.43 Å². The van der Waals surface area contributed by atoms with E-state index in [9.17, 15) is 8.78 Å². The Morgan fingerprint density at radius 2 is 2.00 bits per heavy atom. The zero-order valence-electron chi connectivity index (χ0n) is 10.4. The van der Waals surface area contributed by atoms with Gasteiger partial charge < -0.3 is 10.1 Å². The minimum Gasteiger partial charge on any atom is -0.497 e. The molecule has 1 atom stereocenters. The van der Waals surface area contributed by atoms with Gasteiger partial charge in [0, 0.05) is 26.2 Å². The van der Waals surface area contributed by atoms with Gasteiger partial charge in [0.1, 0.15) is 5.75 Å². The summed E-state index contributed by atoms with van der Waals surface area (Å²) in [6.07, 6.45) is -2.39. The van der Waals surface area contributed by atoms with Crippen molar-refractivity contribution in [2.24, 2.45) is 0 Å². The molecule has 1 fully saturated rings. The van der Waals surface area contributed by atoms with Crippen LogP contribution >= 0.6 is 0 Å². The first-order valence-electron chi connectivity index (χ1n) is 6.09. The van der Waals surface area contributed by atoms with Crippen molar-refractivity contribution >= 4 is 0 Å². The summed E-state index contributed by atoms with van der Waals surface area (Å²) in [5.74, 6) is 0.619. The highest BCUT2D eigenvalue weighted by molar-refractivity contribution is 5.31. The fourth-order valence-electron chi connectivity index (χ4n) is 2.30. The Morgan fingerprint density at radius 1 is 1.28 bits per heavy atom. The van der Waals surface area contributed by atoms with Crippen LogP contribution < -0.4 is 10.1 Å². The number of methoxy groups -OCH3 is 1. The number of nitrogens with one attached hydrogen (secondary N) is 1. The third kappa shape index (κ3) is 2.97. The Morgan fingerprint density at radius 3 is 2.61 bits per heavy atom. The Kier molecular flexibility index (Phi) is 4.49. The van der Waals surface area contributed by atoms with E-state index >= 15 is 0 Å². The van der Waals surface area contributed by atoms with Crippen molar-refractivity contribution < 1.29 is 13.5 Å². The molecule has 3 nitrogen and oxygen atoms in total. The summed E-state index contributed by atoms with van der Waals surface area (Å²) in [7, 11) is 1.54. The van der Waals surface area contributed by atoms with Crippen LogP contribution in [0.15, 0.2) is 24.3 Å². The molecule has 0 unspecified atom stereocenters. The molecule has 0 bridgehead atoms. The minimum atomic E-state index is -2.39. The SMILES string of the molecule is COc1cccc([C@H](C(F)F)N2CCNCC2)c1. The fourth-order valence-corrected chi connectivity index (χ4v) is 2.30. The Balaban J connectivity index is 2.22. The van der Waals surface area contributed by atoms with Crippen LogP contribution in [0.25, 0.3) is 0 Å². The second kappa shape index (κ2) is 6.11. The number of alkyl halides is 2. The summed E-state index contributed by atoms with van der Waals surface area (Å²) in [6.45, 7) is 2.80. The molecule has 18 heavy (non-hydrogen) atoms. The van der Waals surface area contributed by atoms with Gasteiger partial charge in [-0.2, -0.15) is 0 Å². The van der Waals surface area contributed by atoms with Crippen LogP contribution in [0.4, 0.5) is 8.78 Å². The number of rotatable bonds is 4. The van der Waals surface area contributed by atoms with Crippen molar-refractivity contribution in [1.29, 1.82) is 0 Å². The lowest BCUT2D eigenvalue weighted by atomic mass is 10.0. The average molecular weight is 256 g/mol. The van der Waals surface area contributed by atoms with E-state index < -0.39 is 12.5 Å². The van der Waals surface area contributed by atoms with E-state index in [2.05, 4.69) is 5.32 Å². The van der Waals surface area contributed by atoms with Crippen LogP contribution in [0.3, 0.4) is 0 Å². The van der Waals surface area contributed by atoms with Crippen LogP contribution in [0.2, 0.25) is 0 Å². The largest absolute Gasteiger partial charge is 0.497 e. The molecule has 1 N–H and O–H groups in total. The summed E-state index contributed by atoms with van der Waals surface area (Å²) < 4.78 is 31.7. The van der Waals surface area contributed by atoms with Gasteiger partial charge in [-0.1, -0.05) is 12.1 Å². The number of nitrogens with zero attached hydrogens (tertiary/aromatic N) is 1. The summed E-state index contributed by atoms with van der Waals surface area (Å²) in [4.78, 5) is 1.83. The molecule has 1 heterocycles. The lowest BCUT2D eigenvalue weighted by Crippen LogP contribution is -2.46. The number of hydrogen-bond acceptors (Lipinski definition) is 3. The third-order valence-electron chi connectivity index (χ3n) is 3.22. The highest BCUT2D eigenvalue weighted by Gasteiger charge is 2.30.